The zero-order valence-electron chi connectivity index (χ0n) is 26.4. The van der Waals surface area contributed by atoms with Crippen molar-refractivity contribution in [2.24, 2.45) is 15.8 Å². The highest BCUT2D eigenvalue weighted by Gasteiger charge is 2.58. The second kappa shape index (κ2) is 13.9. The van der Waals surface area contributed by atoms with Crippen molar-refractivity contribution in [2.45, 2.75) is 65.5 Å². The Hall–Kier alpha value is -3.49. The lowest BCUT2D eigenvalue weighted by atomic mass is 9.92. The van der Waals surface area contributed by atoms with Gasteiger partial charge < -0.3 is 29.3 Å². The van der Waals surface area contributed by atoms with E-state index in [1.54, 1.807) is 66.6 Å². The topological polar surface area (TPSA) is 217 Å². The standard InChI is InChI=1S/C27H39N6O11P/c1-25(2,3)23(36)39-15-42-45(38,43-16-40-24(37)26(4,5)6)41-11-18-20(34)21(35)27(12-28,44-18)19-10-9-17-22(30-14-32(7)8)29-13-31-33(17)19/h9-10,13-14,18,20-21,34-35H,11,15-16H2,1-8H3/t18-,20-,21-,27+/m1/s1. The third-order valence-corrected chi connectivity index (χ3v) is 7.58. The van der Waals surface area contributed by atoms with Crippen LogP contribution in [0.25, 0.3) is 5.52 Å². The number of nitriles is 1. The van der Waals surface area contributed by atoms with Gasteiger partial charge in [-0.3, -0.25) is 14.1 Å². The summed E-state index contributed by atoms with van der Waals surface area (Å²) >= 11 is 0. The first kappa shape index (κ1) is 36.0. The number of esters is 2. The molecule has 0 spiro atoms. The van der Waals surface area contributed by atoms with Gasteiger partial charge in [0.2, 0.25) is 19.2 Å². The number of fused-ring (bicyclic) bond motifs is 1. The summed E-state index contributed by atoms with van der Waals surface area (Å²) in [7, 11) is -1.12. The van der Waals surface area contributed by atoms with E-state index in [1.165, 1.54) is 23.2 Å². The molecule has 1 fully saturated rings. The largest absolute Gasteiger partial charge is 0.480 e. The van der Waals surface area contributed by atoms with E-state index in [1.807, 2.05) is 6.07 Å². The molecule has 3 rings (SSSR count). The Labute approximate surface area is 260 Å². The number of aliphatic hydroxyl groups is 2. The van der Waals surface area contributed by atoms with Gasteiger partial charge in [0.25, 0.3) is 0 Å². The number of phosphoric ester groups is 1. The summed E-state index contributed by atoms with van der Waals surface area (Å²) in [6.45, 7) is 7.12. The number of hydrogen-bond donors (Lipinski definition) is 2. The minimum Gasteiger partial charge on any atom is -0.437 e. The van der Waals surface area contributed by atoms with Gasteiger partial charge in [-0.1, -0.05) is 0 Å². The summed E-state index contributed by atoms with van der Waals surface area (Å²) in [6.07, 6.45) is -2.28. The molecule has 0 saturated carbocycles. The molecule has 4 atom stereocenters. The van der Waals surface area contributed by atoms with Crippen molar-refractivity contribution in [1.29, 1.82) is 5.26 Å². The zero-order chi connectivity index (χ0) is 33.8. The van der Waals surface area contributed by atoms with Crippen LogP contribution < -0.4 is 0 Å². The minimum atomic E-state index is -4.66. The number of phosphoric acid groups is 1. The van der Waals surface area contributed by atoms with Crippen molar-refractivity contribution in [3.63, 3.8) is 0 Å². The van der Waals surface area contributed by atoms with Gasteiger partial charge in [-0.15, -0.1) is 0 Å². The summed E-state index contributed by atoms with van der Waals surface area (Å²) in [5, 5.41) is 36.3. The second-order valence-corrected chi connectivity index (χ2v) is 14.0. The normalized spacial score (nSPS) is 22.5. The minimum absolute atomic E-state index is 0.0524. The molecule has 1 aliphatic heterocycles. The van der Waals surface area contributed by atoms with Crippen LogP contribution in [0.3, 0.4) is 0 Å². The van der Waals surface area contributed by atoms with Gasteiger partial charge in [-0.2, -0.15) is 10.4 Å². The molecule has 1 saturated heterocycles. The van der Waals surface area contributed by atoms with Crippen molar-refractivity contribution >= 4 is 37.4 Å². The van der Waals surface area contributed by atoms with E-state index in [4.69, 9.17) is 27.8 Å². The highest BCUT2D eigenvalue weighted by molar-refractivity contribution is 7.48. The van der Waals surface area contributed by atoms with E-state index in [0.717, 1.165) is 0 Å². The number of ether oxygens (including phenoxy) is 3. The van der Waals surface area contributed by atoms with E-state index < -0.39 is 74.7 Å². The van der Waals surface area contributed by atoms with Crippen molar-refractivity contribution in [1.82, 2.24) is 19.5 Å². The van der Waals surface area contributed by atoms with E-state index in [2.05, 4.69) is 15.1 Å². The smallest absolute Gasteiger partial charge is 0.437 e. The quantitative estimate of drug-likeness (QED) is 0.110. The fourth-order valence-electron chi connectivity index (χ4n) is 3.79. The summed E-state index contributed by atoms with van der Waals surface area (Å²) in [5.41, 5.74) is -3.53. The Morgan fingerprint density at radius 1 is 1.11 bits per heavy atom. The molecular formula is C27H39N6O11P. The number of carbonyl (C=O) groups is 2. The Bertz CT molecular complexity index is 1460. The summed E-state index contributed by atoms with van der Waals surface area (Å²) in [4.78, 5) is 34.4. The summed E-state index contributed by atoms with van der Waals surface area (Å²) in [5.74, 6) is -1.09. The molecule has 0 aliphatic carbocycles. The van der Waals surface area contributed by atoms with Crippen LogP contribution in [-0.4, -0.2) is 101 Å². The zero-order valence-corrected chi connectivity index (χ0v) is 27.3. The van der Waals surface area contributed by atoms with Gasteiger partial charge in [0.1, 0.15) is 36.2 Å². The molecule has 248 valence electrons. The van der Waals surface area contributed by atoms with E-state index in [9.17, 15) is 29.6 Å². The monoisotopic (exact) mass is 654 g/mol. The van der Waals surface area contributed by atoms with E-state index in [-0.39, 0.29) is 11.5 Å². The predicted molar refractivity (Wildman–Crippen MR) is 156 cm³/mol. The van der Waals surface area contributed by atoms with Crippen LogP contribution in [0.1, 0.15) is 47.2 Å². The molecule has 0 radical (unpaired) electrons. The molecule has 2 aromatic heterocycles. The number of carbonyl (C=O) groups excluding carboxylic acids is 2. The average Bonchev–Trinajstić information content (AvgIpc) is 3.49. The maximum Gasteiger partial charge on any atom is 0.480 e. The van der Waals surface area contributed by atoms with Crippen LogP contribution in [0.5, 0.6) is 0 Å². The number of rotatable bonds is 12. The first-order chi connectivity index (χ1) is 20.8. The number of nitrogens with zero attached hydrogens (tertiary/aromatic N) is 6. The van der Waals surface area contributed by atoms with Crippen molar-refractivity contribution in [2.75, 3.05) is 34.3 Å². The molecule has 17 nitrogen and oxygen atoms in total. The lowest BCUT2D eigenvalue weighted by molar-refractivity contribution is -0.163. The van der Waals surface area contributed by atoms with Gasteiger partial charge in [-0.25, -0.2) is 28.1 Å². The Morgan fingerprint density at radius 2 is 1.69 bits per heavy atom. The molecule has 2 aromatic rings. The predicted octanol–water partition coefficient (Wildman–Crippen LogP) is 2.04. The third kappa shape index (κ3) is 8.41. The molecule has 3 heterocycles. The molecule has 1 aliphatic rings. The summed E-state index contributed by atoms with van der Waals surface area (Å²) in [6, 6.07) is 4.94. The molecule has 18 heteroatoms. The van der Waals surface area contributed by atoms with Gasteiger partial charge in [0.15, 0.2) is 5.82 Å². The van der Waals surface area contributed by atoms with Crippen LogP contribution in [0, 0.1) is 22.2 Å². The molecule has 0 amide bonds. The van der Waals surface area contributed by atoms with Crippen LogP contribution in [0.15, 0.2) is 23.5 Å². The Kier molecular flexibility index (Phi) is 11.1. The van der Waals surface area contributed by atoms with Gasteiger partial charge in [0.05, 0.1) is 29.5 Å². The third-order valence-electron chi connectivity index (χ3n) is 6.27. The number of aliphatic imine (C=N–C) groups is 1. The first-order valence-corrected chi connectivity index (χ1v) is 15.2. The fraction of sp³-hybridized carbons (Fsp3) is 0.630. The van der Waals surface area contributed by atoms with Gasteiger partial charge in [0, 0.05) is 14.1 Å². The molecule has 0 bridgehead atoms. The lowest BCUT2D eigenvalue weighted by Gasteiger charge is -2.24. The van der Waals surface area contributed by atoms with Crippen LogP contribution >= 0.6 is 7.82 Å². The fourth-order valence-corrected chi connectivity index (χ4v) is 4.70. The van der Waals surface area contributed by atoms with E-state index >= 15 is 0 Å². The highest BCUT2D eigenvalue weighted by Crippen LogP contribution is 2.51. The van der Waals surface area contributed by atoms with Crippen molar-refractivity contribution < 1.29 is 52.1 Å². The maximum absolute atomic E-state index is 13.4. The molecule has 0 unspecified atom stereocenters. The molecule has 2 N–H and O–H groups in total. The molecular weight excluding hydrogens is 615 g/mol. The first-order valence-electron chi connectivity index (χ1n) is 13.7. The van der Waals surface area contributed by atoms with Crippen LogP contribution in [-0.2, 0) is 47.5 Å². The Balaban J connectivity index is 1.82. The van der Waals surface area contributed by atoms with Crippen molar-refractivity contribution in [3.05, 3.63) is 24.2 Å². The van der Waals surface area contributed by atoms with E-state index in [0.29, 0.717) is 5.52 Å². The van der Waals surface area contributed by atoms with Crippen molar-refractivity contribution in [3.8, 4) is 6.07 Å². The molecule has 45 heavy (non-hydrogen) atoms. The van der Waals surface area contributed by atoms with Crippen LogP contribution in [0.4, 0.5) is 5.82 Å². The number of hydrogen-bond acceptors (Lipinski definition) is 15. The SMILES string of the molecule is CN(C)C=Nc1ncnn2c([C@]3(C#N)O[C@H](COP(=O)(OCOC(=O)C(C)(C)C)OCOC(=O)C(C)(C)C)[C@@H](O)[C@H]3O)ccc12. The second-order valence-electron chi connectivity index (χ2n) is 12.3. The van der Waals surface area contributed by atoms with Gasteiger partial charge in [-0.05, 0) is 53.7 Å². The van der Waals surface area contributed by atoms with Crippen LogP contribution in [0.2, 0.25) is 0 Å². The lowest BCUT2D eigenvalue weighted by Crippen LogP contribution is -2.41. The number of aromatic nitrogens is 3. The highest BCUT2D eigenvalue weighted by atomic mass is 31.2. The van der Waals surface area contributed by atoms with Gasteiger partial charge >= 0.3 is 19.8 Å². The Morgan fingerprint density at radius 3 is 2.20 bits per heavy atom. The average molecular weight is 655 g/mol. The maximum atomic E-state index is 13.4. The molecule has 0 aromatic carbocycles. The summed E-state index contributed by atoms with van der Waals surface area (Å²) < 4.78 is 46.2. The number of aliphatic hydroxyl groups excluding tert-OH is 2.